The second kappa shape index (κ2) is 8.10. The Hall–Kier alpha value is -2.38. The number of hydrogen-bond acceptors (Lipinski definition) is 5. The molecule has 1 fully saturated rings. The molecule has 1 N–H and O–H groups in total. The van der Waals surface area contributed by atoms with Crippen molar-refractivity contribution in [2.24, 2.45) is 18.0 Å². The first-order chi connectivity index (χ1) is 12.8. The summed E-state index contributed by atoms with van der Waals surface area (Å²) in [7, 11) is 1.96. The minimum atomic E-state index is -0.145. The molecule has 0 amide bonds. The largest absolute Gasteiger partial charge is 0.357 e. The predicted molar refractivity (Wildman–Crippen MR) is 104 cm³/mol. The van der Waals surface area contributed by atoms with E-state index in [2.05, 4.69) is 59.3 Å². The van der Waals surface area contributed by atoms with Gasteiger partial charge < -0.3 is 14.7 Å². The van der Waals surface area contributed by atoms with E-state index >= 15 is 0 Å². The van der Waals surface area contributed by atoms with E-state index in [1.165, 1.54) is 5.56 Å². The van der Waals surface area contributed by atoms with Crippen molar-refractivity contribution >= 4 is 5.96 Å². The Morgan fingerprint density at radius 1 is 1.41 bits per heavy atom. The average molecular weight is 374 g/mol. The fraction of sp³-hybridized carbons (Fsp3) is 0.684. The average Bonchev–Trinajstić information content (AvgIpc) is 3.32. The van der Waals surface area contributed by atoms with Gasteiger partial charge in [0.1, 0.15) is 6.54 Å². The number of aliphatic imine (C=N–C) groups is 1. The lowest BCUT2D eigenvalue weighted by Gasteiger charge is -2.21. The van der Waals surface area contributed by atoms with E-state index in [1.807, 2.05) is 17.9 Å². The molecule has 2 aromatic heterocycles. The number of nitrogens with zero attached hydrogens (tertiary/aromatic N) is 6. The first-order valence-electron chi connectivity index (χ1n) is 9.69. The van der Waals surface area contributed by atoms with Crippen molar-refractivity contribution in [3.63, 3.8) is 0 Å². The molecule has 1 aliphatic heterocycles. The number of hydrogen-bond donors (Lipinski definition) is 1. The zero-order valence-corrected chi connectivity index (χ0v) is 17.1. The Morgan fingerprint density at radius 2 is 2.22 bits per heavy atom. The molecule has 3 rings (SSSR count). The number of likely N-dealkylation sites (tertiary alicyclic amines) is 1. The van der Waals surface area contributed by atoms with Gasteiger partial charge in [-0.25, -0.2) is 4.99 Å². The lowest BCUT2D eigenvalue weighted by Crippen LogP contribution is -2.40. The van der Waals surface area contributed by atoms with Crippen LogP contribution in [0.5, 0.6) is 0 Å². The zero-order chi connectivity index (χ0) is 19.4. The van der Waals surface area contributed by atoms with Crippen LogP contribution in [0.4, 0.5) is 0 Å². The fourth-order valence-electron chi connectivity index (χ4n) is 3.30. The number of guanidine groups is 1. The number of aromatic nitrogens is 4. The molecule has 0 aromatic carbocycles. The van der Waals surface area contributed by atoms with E-state index in [4.69, 9.17) is 9.52 Å². The smallest absolute Gasteiger partial charge is 0.232 e. The lowest BCUT2D eigenvalue weighted by atomic mass is 9.97. The van der Waals surface area contributed by atoms with Gasteiger partial charge in [0.05, 0.1) is 6.20 Å². The summed E-state index contributed by atoms with van der Waals surface area (Å²) in [6.07, 6.45) is 6.29. The van der Waals surface area contributed by atoms with Crippen LogP contribution >= 0.6 is 0 Å². The van der Waals surface area contributed by atoms with Gasteiger partial charge in [-0.2, -0.15) is 10.1 Å². The quantitative estimate of drug-likeness (QED) is 0.638. The van der Waals surface area contributed by atoms with Crippen molar-refractivity contribution in [3.05, 3.63) is 29.7 Å². The molecule has 0 bridgehead atoms. The third-order valence-corrected chi connectivity index (χ3v) is 4.68. The van der Waals surface area contributed by atoms with Crippen LogP contribution in [0.15, 0.2) is 21.9 Å². The van der Waals surface area contributed by atoms with Crippen LogP contribution in [0, 0.1) is 5.92 Å². The fourth-order valence-corrected chi connectivity index (χ4v) is 3.30. The summed E-state index contributed by atoms with van der Waals surface area (Å²) in [5, 5.41) is 11.7. The van der Waals surface area contributed by atoms with Crippen LogP contribution in [-0.2, 0) is 25.4 Å². The van der Waals surface area contributed by atoms with Crippen LogP contribution in [0.25, 0.3) is 0 Å². The highest BCUT2D eigenvalue weighted by atomic mass is 16.5. The molecule has 1 atom stereocenters. The molecule has 8 nitrogen and oxygen atoms in total. The molecule has 148 valence electrons. The minimum absolute atomic E-state index is 0.145. The van der Waals surface area contributed by atoms with Crippen LogP contribution in [0.1, 0.15) is 51.4 Å². The summed E-state index contributed by atoms with van der Waals surface area (Å²) in [5.41, 5.74) is 1.15. The minimum Gasteiger partial charge on any atom is -0.357 e. The summed E-state index contributed by atoms with van der Waals surface area (Å²) in [6.45, 7) is 11.5. The van der Waals surface area contributed by atoms with Gasteiger partial charge in [0.2, 0.25) is 5.89 Å². The molecule has 1 aliphatic rings. The van der Waals surface area contributed by atoms with E-state index in [0.717, 1.165) is 38.4 Å². The molecule has 1 unspecified atom stereocenters. The van der Waals surface area contributed by atoms with Crippen LogP contribution in [-0.4, -0.2) is 50.4 Å². The SMILES string of the molecule is CCNC(=NCc1noc(C(C)(C)C)n1)N1CCC(Cc2cnn(C)c2)C1. The molecule has 0 spiro atoms. The van der Waals surface area contributed by atoms with Crippen LogP contribution in [0.3, 0.4) is 0 Å². The Bertz CT molecular complexity index is 771. The predicted octanol–water partition coefficient (Wildman–Crippen LogP) is 2.13. The number of aryl methyl sites for hydroxylation is 1. The lowest BCUT2D eigenvalue weighted by molar-refractivity contribution is 0.318. The Morgan fingerprint density at radius 3 is 2.85 bits per heavy atom. The van der Waals surface area contributed by atoms with Crippen molar-refractivity contribution in [2.45, 2.75) is 52.5 Å². The van der Waals surface area contributed by atoms with E-state index in [9.17, 15) is 0 Å². The first-order valence-corrected chi connectivity index (χ1v) is 9.69. The maximum atomic E-state index is 5.36. The zero-order valence-electron chi connectivity index (χ0n) is 17.1. The monoisotopic (exact) mass is 373 g/mol. The maximum absolute atomic E-state index is 5.36. The molecular formula is C19H31N7O. The molecule has 3 heterocycles. The Kier molecular flexibility index (Phi) is 5.82. The van der Waals surface area contributed by atoms with Gasteiger partial charge in [-0.1, -0.05) is 25.9 Å². The van der Waals surface area contributed by atoms with Gasteiger partial charge in [-0.3, -0.25) is 4.68 Å². The van der Waals surface area contributed by atoms with E-state index in [0.29, 0.717) is 24.2 Å². The maximum Gasteiger partial charge on any atom is 0.232 e. The molecule has 2 aromatic rings. The molecule has 27 heavy (non-hydrogen) atoms. The van der Waals surface area contributed by atoms with E-state index < -0.39 is 0 Å². The van der Waals surface area contributed by atoms with Crippen LogP contribution < -0.4 is 5.32 Å². The van der Waals surface area contributed by atoms with E-state index in [-0.39, 0.29) is 5.41 Å². The normalized spacial score (nSPS) is 18.3. The van der Waals surface area contributed by atoms with E-state index in [1.54, 1.807) is 0 Å². The summed E-state index contributed by atoms with van der Waals surface area (Å²) in [4.78, 5) is 11.5. The highest BCUT2D eigenvalue weighted by Crippen LogP contribution is 2.22. The highest BCUT2D eigenvalue weighted by Gasteiger charge is 2.26. The van der Waals surface area contributed by atoms with Gasteiger partial charge in [0.25, 0.3) is 0 Å². The topological polar surface area (TPSA) is 84.4 Å². The highest BCUT2D eigenvalue weighted by molar-refractivity contribution is 5.80. The Labute approximate surface area is 161 Å². The van der Waals surface area contributed by atoms with Gasteiger partial charge in [0, 0.05) is 38.3 Å². The second-order valence-electron chi connectivity index (χ2n) is 8.26. The van der Waals surface area contributed by atoms with Crippen molar-refractivity contribution in [1.82, 2.24) is 30.1 Å². The first kappa shape index (κ1) is 19.4. The van der Waals surface area contributed by atoms with Gasteiger partial charge >= 0.3 is 0 Å². The van der Waals surface area contributed by atoms with Crippen molar-refractivity contribution in [2.75, 3.05) is 19.6 Å². The molecule has 0 saturated carbocycles. The van der Waals surface area contributed by atoms with Crippen molar-refractivity contribution in [3.8, 4) is 0 Å². The third kappa shape index (κ3) is 5.08. The van der Waals surface area contributed by atoms with Gasteiger partial charge in [-0.15, -0.1) is 0 Å². The Balaban J connectivity index is 1.61. The van der Waals surface area contributed by atoms with Crippen molar-refractivity contribution < 1.29 is 4.52 Å². The molecule has 0 radical (unpaired) electrons. The molecule has 0 aliphatic carbocycles. The van der Waals surface area contributed by atoms with Gasteiger partial charge in [0.15, 0.2) is 11.8 Å². The standard InChI is InChI=1S/C19H31N7O/c1-6-20-18(21-11-16-23-17(27-24-16)19(2,3)4)26-8-7-14(13-26)9-15-10-22-25(5)12-15/h10,12,14H,6-9,11,13H2,1-5H3,(H,20,21). The summed E-state index contributed by atoms with van der Waals surface area (Å²) < 4.78 is 7.23. The second-order valence-corrected chi connectivity index (χ2v) is 8.26. The summed E-state index contributed by atoms with van der Waals surface area (Å²) in [6, 6.07) is 0. The van der Waals surface area contributed by atoms with Crippen molar-refractivity contribution in [1.29, 1.82) is 0 Å². The summed E-state index contributed by atoms with van der Waals surface area (Å²) in [5.74, 6) is 2.82. The number of nitrogens with one attached hydrogen (secondary N) is 1. The molecule has 1 saturated heterocycles. The van der Waals surface area contributed by atoms with Crippen LogP contribution in [0.2, 0.25) is 0 Å². The van der Waals surface area contributed by atoms with Gasteiger partial charge in [-0.05, 0) is 31.2 Å². The number of rotatable bonds is 5. The third-order valence-electron chi connectivity index (χ3n) is 4.68. The summed E-state index contributed by atoms with van der Waals surface area (Å²) >= 11 is 0. The molecule has 8 heteroatoms. The molecular weight excluding hydrogens is 342 g/mol.